The van der Waals surface area contributed by atoms with Gasteiger partial charge in [0.05, 0.1) is 26.4 Å². The molecule has 546 valence electrons. The van der Waals surface area contributed by atoms with Gasteiger partial charge in [-0.15, -0.1) is 0 Å². The molecule has 5 atom stereocenters. The van der Waals surface area contributed by atoms with Crippen molar-refractivity contribution in [3.05, 3.63) is 0 Å². The molecule has 0 amide bonds. The van der Waals surface area contributed by atoms with Crippen molar-refractivity contribution in [3.63, 3.8) is 0 Å². The molecule has 2 unspecified atom stereocenters. The Bertz CT molecular complexity index is 1800. The number of hydrogen-bond acceptors (Lipinski definition) is 15. The Balaban J connectivity index is 5.21. The van der Waals surface area contributed by atoms with Crippen LogP contribution in [0.15, 0.2) is 0 Å². The summed E-state index contributed by atoms with van der Waals surface area (Å²) < 4.78 is 68.4. The lowest BCUT2D eigenvalue weighted by Gasteiger charge is -2.21. The number of esters is 4. The zero-order valence-electron chi connectivity index (χ0n) is 60.0. The summed E-state index contributed by atoms with van der Waals surface area (Å²) in [6, 6.07) is 0. The lowest BCUT2D eigenvalue weighted by molar-refractivity contribution is -0.161. The second-order valence-electron chi connectivity index (χ2n) is 27.8. The van der Waals surface area contributed by atoms with E-state index < -0.39 is 97.5 Å². The highest BCUT2D eigenvalue weighted by Crippen LogP contribution is 2.45. The monoisotopic (exact) mass is 1350 g/mol. The Labute approximate surface area is 562 Å². The summed E-state index contributed by atoms with van der Waals surface area (Å²) in [4.78, 5) is 72.6. The van der Waals surface area contributed by atoms with E-state index in [0.29, 0.717) is 31.6 Å². The second kappa shape index (κ2) is 63.8. The van der Waals surface area contributed by atoms with Gasteiger partial charge in [0.1, 0.15) is 19.3 Å². The molecule has 0 bridgehead atoms. The molecule has 0 aliphatic heterocycles. The van der Waals surface area contributed by atoms with Crippen molar-refractivity contribution in [2.24, 2.45) is 17.8 Å². The molecule has 0 heterocycles. The van der Waals surface area contributed by atoms with Crippen molar-refractivity contribution in [1.82, 2.24) is 0 Å². The Hall–Kier alpha value is -1.94. The summed E-state index contributed by atoms with van der Waals surface area (Å²) in [7, 11) is -9.90. The molecule has 0 rings (SSSR count). The molecule has 0 aliphatic rings. The van der Waals surface area contributed by atoms with E-state index in [1.807, 2.05) is 0 Å². The first-order chi connectivity index (χ1) is 44.2. The number of aliphatic hydroxyl groups is 1. The number of rotatable bonds is 71. The van der Waals surface area contributed by atoms with Crippen LogP contribution in [-0.4, -0.2) is 96.7 Å². The molecule has 0 saturated heterocycles. The van der Waals surface area contributed by atoms with Gasteiger partial charge >= 0.3 is 39.5 Å². The molecule has 0 spiro atoms. The van der Waals surface area contributed by atoms with E-state index in [4.69, 9.17) is 37.0 Å². The Morgan fingerprint density at radius 1 is 0.293 bits per heavy atom. The minimum atomic E-state index is -4.95. The first-order valence-corrected chi connectivity index (χ1v) is 40.8. The summed E-state index contributed by atoms with van der Waals surface area (Å²) in [5, 5.41) is 10.6. The summed E-state index contributed by atoms with van der Waals surface area (Å²) in [6.45, 7) is 11.8. The maximum Gasteiger partial charge on any atom is 0.472 e. The van der Waals surface area contributed by atoms with Crippen molar-refractivity contribution < 1.29 is 80.2 Å². The highest BCUT2D eigenvalue weighted by molar-refractivity contribution is 7.47. The van der Waals surface area contributed by atoms with Gasteiger partial charge in [-0.1, -0.05) is 318 Å². The number of carbonyl (C=O) groups excluding carboxylic acids is 4. The number of phosphoric acid groups is 2. The van der Waals surface area contributed by atoms with E-state index in [9.17, 15) is 43.2 Å². The molecule has 92 heavy (non-hydrogen) atoms. The fraction of sp³-hybridized carbons (Fsp3) is 0.945. The molecule has 0 saturated carbocycles. The van der Waals surface area contributed by atoms with E-state index in [2.05, 4.69) is 48.5 Å². The van der Waals surface area contributed by atoms with Gasteiger partial charge in [-0.25, -0.2) is 9.13 Å². The first-order valence-electron chi connectivity index (χ1n) is 37.8. The van der Waals surface area contributed by atoms with Crippen LogP contribution in [0.2, 0.25) is 0 Å². The largest absolute Gasteiger partial charge is 0.472 e. The van der Waals surface area contributed by atoms with Crippen LogP contribution in [0.25, 0.3) is 0 Å². The fourth-order valence-electron chi connectivity index (χ4n) is 11.1. The summed E-state index contributed by atoms with van der Waals surface area (Å²) in [6.07, 6.45) is 48.7. The van der Waals surface area contributed by atoms with Gasteiger partial charge in [0, 0.05) is 25.7 Å². The van der Waals surface area contributed by atoms with Gasteiger partial charge in [0.25, 0.3) is 0 Å². The van der Waals surface area contributed by atoms with E-state index in [1.54, 1.807) is 0 Å². The molecule has 0 aliphatic carbocycles. The van der Waals surface area contributed by atoms with E-state index in [-0.39, 0.29) is 25.7 Å². The topological polar surface area (TPSA) is 237 Å². The van der Waals surface area contributed by atoms with Crippen molar-refractivity contribution in [1.29, 1.82) is 0 Å². The third-order valence-corrected chi connectivity index (χ3v) is 18.8. The van der Waals surface area contributed by atoms with Crippen molar-refractivity contribution in [3.8, 4) is 0 Å². The highest BCUT2D eigenvalue weighted by atomic mass is 31.2. The van der Waals surface area contributed by atoms with Crippen molar-refractivity contribution in [2.75, 3.05) is 39.6 Å². The Morgan fingerprint density at radius 2 is 0.500 bits per heavy atom. The van der Waals surface area contributed by atoms with Gasteiger partial charge < -0.3 is 33.8 Å². The van der Waals surface area contributed by atoms with Crippen LogP contribution < -0.4 is 0 Å². The summed E-state index contributed by atoms with van der Waals surface area (Å²) in [5.41, 5.74) is 0. The number of unbranched alkanes of at least 4 members (excludes halogenated alkanes) is 39. The maximum absolute atomic E-state index is 13.0. The average Bonchev–Trinajstić information content (AvgIpc) is 1.41. The van der Waals surface area contributed by atoms with Gasteiger partial charge in [-0.3, -0.25) is 37.3 Å². The summed E-state index contributed by atoms with van der Waals surface area (Å²) >= 11 is 0. The van der Waals surface area contributed by atoms with Crippen LogP contribution in [0.4, 0.5) is 0 Å². The Kier molecular flexibility index (Phi) is 62.4. The molecule has 0 radical (unpaired) electrons. The zero-order chi connectivity index (χ0) is 68.0. The molecular formula is C73H142O17P2. The third kappa shape index (κ3) is 66.7. The van der Waals surface area contributed by atoms with Gasteiger partial charge in [0.2, 0.25) is 0 Å². The van der Waals surface area contributed by atoms with Crippen LogP contribution in [0, 0.1) is 17.8 Å². The lowest BCUT2D eigenvalue weighted by Crippen LogP contribution is -2.30. The SMILES string of the molecule is CCCCCCCCCCCCCCC(=O)O[C@H](COC(=O)CCCCCCCCC(C)C)COP(=O)(O)OC[C@H](O)COP(=O)(O)OC[C@@H](COC(=O)CCCCCCCCCCCC(C)C)OC(=O)CCCCCCCCCCCCCCCCCCC(C)C. The van der Waals surface area contributed by atoms with Crippen LogP contribution in [-0.2, 0) is 65.4 Å². The van der Waals surface area contributed by atoms with E-state index in [1.165, 1.54) is 173 Å². The number of carbonyl (C=O) groups is 4. The molecule has 0 aromatic carbocycles. The van der Waals surface area contributed by atoms with Gasteiger partial charge in [-0.2, -0.15) is 0 Å². The van der Waals surface area contributed by atoms with Gasteiger partial charge in [-0.05, 0) is 43.4 Å². The standard InChI is InChI=1S/C73H142O17P2/c1-8-9-10-11-12-13-14-22-27-33-42-49-56-72(77)90-69(61-84-71(76)55-48-41-36-35-39-46-53-66(6)7)63-88-92(81,82)86-59-67(74)58-85-91(79,80)87-62-68(60-83-70(75)54-47-40-32-29-24-26-31-38-45-52-65(4)5)89-73(78)57-50-43-34-28-23-20-18-16-15-17-19-21-25-30-37-44-51-64(2)3/h64-69,74H,8-63H2,1-7H3,(H,79,80)(H,81,82)/t67-,68-,69-/m1/s1. The molecule has 17 nitrogen and oxygen atoms in total. The van der Waals surface area contributed by atoms with Crippen LogP contribution in [0.3, 0.4) is 0 Å². The zero-order valence-corrected chi connectivity index (χ0v) is 61.8. The molecule has 0 aromatic heterocycles. The van der Waals surface area contributed by atoms with E-state index in [0.717, 1.165) is 108 Å². The fourth-order valence-corrected chi connectivity index (χ4v) is 12.7. The quantitative estimate of drug-likeness (QED) is 0.0222. The first kappa shape index (κ1) is 90.1. The maximum atomic E-state index is 13.0. The third-order valence-electron chi connectivity index (χ3n) is 16.9. The van der Waals surface area contributed by atoms with Crippen LogP contribution in [0.5, 0.6) is 0 Å². The van der Waals surface area contributed by atoms with Crippen LogP contribution >= 0.6 is 15.6 Å². The Morgan fingerprint density at radius 3 is 0.739 bits per heavy atom. The molecule has 0 aromatic rings. The smallest absolute Gasteiger partial charge is 0.462 e. The predicted molar refractivity (Wildman–Crippen MR) is 372 cm³/mol. The average molecular weight is 1350 g/mol. The second-order valence-corrected chi connectivity index (χ2v) is 30.7. The number of ether oxygens (including phenoxy) is 4. The lowest BCUT2D eigenvalue weighted by atomic mass is 10.0. The predicted octanol–water partition coefficient (Wildman–Crippen LogP) is 21.0. The van der Waals surface area contributed by atoms with Crippen molar-refractivity contribution >= 4 is 39.5 Å². The number of aliphatic hydroxyl groups excluding tert-OH is 1. The molecule has 0 fully saturated rings. The normalized spacial score (nSPS) is 14.1. The number of phosphoric ester groups is 2. The minimum absolute atomic E-state index is 0.106. The van der Waals surface area contributed by atoms with Gasteiger partial charge in [0.15, 0.2) is 12.2 Å². The number of hydrogen-bond donors (Lipinski definition) is 3. The van der Waals surface area contributed by atoms with Crippen molar-refractivity contribution in [2.45, 2.75) is 388 Å². The minimum Gasteiger partial charge on any atom is -0.462 e. The summed E-state index contributed by atoms with van der Waals surface area (Å²) in [5.74, 6) is 0.109. The molecular weight excluding hydrogens is 1210 g/mol. The molecule has 19 heteroatoms. The molecule has 3 N–H and O–H groups in total. The highest BCUT2D eigenvalue weighted by Gasteiger charge is 2.30. The van der Waals surface area contributed by atoms with Crippen LogP contribution in [0.1, 0.15) is 370 Å². The van der Waals surface area contributed by atoms with E-state index >= 15 is 0 Å².